The summed E-state index contributed by atoms with van der Waals surface area (Å²) in [5.41, 5.74) is 9.69. The van der Waals surface area contributed by atoms with Crippen molar-refractivity contribution in [1.29, 1.82) is 0 Å². The Morgan fingerprint density at radius 2 is 1.86 bits per heavy atom. The SMILES string of the molecule is C[C@]12CC[C@H](O)C=C1CC[C@@H]1[C@@H]2CC[C@]2(C)C(N)=CC[C@@H]12. The van der Waals surface area contributed by atoms with Gasteiger partial charge < -0.3 is 10.8 Å². The Morgan fingerprint density at radius 3 is 2.67 bits per heavy atom. The quantitative estimate of drug-likeness (QED) is 0.666. The maximum absolute atomic E-state index is 9.98. The first-order valence-electron chi connectivity index (χ1n) is 8.80. The summed E-state index contributed by atoms with van der Waals surface area (Å²) in [7, 11) is 0. The first-order valence-corrected chi connectivity index (χ1v) is 8.80. The van der Waals surface area contributed by atoms with Crippen LogP contribution < -0.4 is 5.73 Å². The normalized spacial score (nSPS) is 52.3. The van der Waals surface area contributed by atoms with Gasteiger partial charge in [-0.05, 0) is 68.1 Å². The van der Waals surface area contributed by atoms with E-state index in [0.29, 0.717) is 5.41 Å². The minimum atomic E-state index is -0.192. The summed E-state index contributed by atoms with van der Waals surface area (Å²) in [6.45, 7) is 4.89. The van der Waals surface area contributed by atoms with Crippen LogP contribution >= 0.6 is 0 Å². The maximum Gasteiger partial charge on any atom is 0.0724 e. The van der Waals surface area contributed by atoms with Crippen LogP contribution in [0.25, 0.3) is 0 Å². The van der Waals surface area contributed by atoms with Gasteiger partial charge in [-0.3, -0.25) is 0 Å². The average molecular weight is 287 g/mol. The molecule has 0 radical (unpaired) electrons. The van der Waals surface area contributed by atoms with Gasteiger partial charge in [0.05, 0.1) is 6.10 Å². The lowest BCUT2D eigenvalue weighted by atomic mass is 9.47. The summed E-state index contributed by atoms with van der Waals surface area (Å²) in [5.74, 6) is 2.40. The van der Waals surface area contributed by atoms with Crippen LogP contribution in [0.1, 0.15) is 58.8 Å². The fourth-order valence-electron chi connectivity index (χ4n) is 6.31. The van der Waals surface area contributed by atoms with Gasteiger partial charge >= 0.3 is 0 Å². The molecule has 2 saturated carbocycles. The molecule has 2 heteroatoms. The molecular formula is C19H29NO. The van der Waals surface area contributed by atoms with E-state index in [1.165, 1.54) is 38.5 Å². The number of aliphatic hydroxyl groups is 1. The van der Waals surface area contributed by atoms with Crippen molar-refractivity contribution in [2.45, 2.75) is 64.9 Å². The summed E-state index contributed by atoms with van der Waals surface area (Å²) in [4.78, 5) is 0. The van der Waals surface area contributed by atoms with E-state index >= 15 is 0 Å². The summed E-state index contributed by atoms with van der Waals surface area (Å²) in [5, 5.41) is 9.98. The zero-order chi connectivity index (χ0) is 14.8. The van der Waals surface area contributed by atoms with Gasteiger partial charge in [0.2, 0.25) is 0 Å². The number of allylic oxidation sites excluding steroid dienone is 3. The van der Waals surface area contributed by atoms with Crippen molar-refractivity contribution in [3.05, 3.63) is 23.4 Å². The van der Waals surface area contributed by atoms with Crippen LogP contribution in [0, 0.1) is 28.6 Å². The van der Waals surface area contributed by atoms with Crippen molar-refractivity contribution in [3.8, 4) is 0 Å². The van der Waals surface area contributed by atoms with Crippen LogP contribution in [-0.2, 0) is 0 Å². The van der Waals surface area contributed by atoms with E-state index in [-0.39, 0.29) is 11.5 Å². The Morgan fingerprint density at radius 1 is 1.10 bits per heavy atom. The fourth-order valence-corrected chi connectivity index (χ4v) is 6.31. The molecule has 0 aromatic heterocycles. The molecule has 2 fully saturated rings. The van der Waals surface area contributed by atoms with Crippen LogP contribution in [0.5, 0.6) is 0 Å². The van der Waals surface area contributed by atoms with Crippen LogP contribution in [-0.4, -0.2) is 11.2 Å². The second-order valence-corrected chi connectivity index (χ2v) is 8.48. The van der Waals surface area contributed by atoms with Crippen LogP contribution in [0.3, 0.4) is 0 Å². The topological polar surface area (TPSA) is 46.2 Å². The van der Waals surface area contributed by atoms with Crippen LogP contribution in [0.2, 0.25) is 0 Å². The van der Waals surface area contributed by atoms with Gasteiger partial charge in [-0.2, -0.15) is 0 Å². The first-order chi connectivity index (χ1) is 9.95. The van der Waals surface area contributed by atoms with E-state index < -0.39 is 0 Å². The molecular weight excluding hydrogens is 258 g/mol. The van der Waals surface area contributed by atoms with Gasteiger partial charge in [0.15, 0.2) is 0 Å². The predicted octanol–water partition coefficient (Wildman–Crippen LogP) is 3.76. The standard InChI is InChI=1S/C19H29NO/c1-18-9-7-13(21)11-12(18)3-4-14-15-5-6-17(20)19(15,2)10-8-16(14)18/h6,11,13-16,21H,3-5,7-10,20H2,1-2H3/t13-,14-,15-,16-,18-,19-/m0/s1. The molecule has 21 heavy (non-hydrogen) atoms. The molecule has 4 rings (SSSR count). The molecule has 0 amide bonds. The number of rotatable bonds is 0. The minimum Gasteiger partial charge on any atom is -0.402 e. The summed E-state index contributed by atoms with van der Waals surface area (Å²) < 4.78 is 0. The van der Waals surface area contributed by atoms with E-state index in [4.69, 9.17) is 5.73 Å². The molecule has 116 valence electrons. The Hall–Kier alpha value is -0.760. The highest BCUT2D eigenvalue weighted by Crippen LogP contribution is 2.64. The number of hydrogen-bond acceptors (Lipinski definition) is 2. The molecule has 0 spiro atoms. The molecule has 4 aliphatic rings. The van der Waals surface area contributed by atoms with Crippen LogP contribution in [0.4, 0.5) is 0 Å². The van der Waals surface area contributed by atoms with Gasteiger partial charge in [-0.1, -0.05) is 31.6 Å². The van der Waals surface area contributed by atoms with Crippen molar-refractivity contribution in [3.63, 3.8) is 0 Å². The molecule has 0 bridgehead atoms. The van der Waals surface area contributed by atoms with E-state index in [1.54, 1.807) is 5.57 Å². The number of hydrogen-bond donors (Lipinski definition) is 2. The molecule has 3 N–H and O–H groups in total. The zero-order valence-electron chi connectivity index (χ0n) is 13.4. The Bertz CT molecular complexity index is 522. The average Bonchev–Trinajstić information content (AvgIpc) is 2.76. The van der Waals surface area contributed by atoms with Crippen molar-refractivity contribution < 1.29 is 5.11 Å². The fraction of sp³-hybridized carbons (Fsp3) is 0.789. The van der Waals surface area contributed by atoms with E-state index in [2.05, 4.69) is 26.0 Å². The van der Waals surface area contributed by atoms with Crippen molar-refractivity contribution in [1.82, 2.24) is 0 Å². The van der Waals surface area contributed by atoms with E-state index in [9.17, 15) is 5.11 Å². The van der Waals surface area contributed by atoms with Crippen molar-refractivity contribution >= 4 is 0 Å². The molecule has 6 atom stereocenters. The lowest BCUT2D eigenvalue weighted by molar-refractivity contribution is -0.0344. The maximum atomic E-state index is 9.98. The third-order valence-electron chi connectivity index (χ3n) is 7.73. The molecule has 2 nitrogen and oxygen atoms in total. The molecule has 0 aromatic rings. The summed E-state index contributed by atoms with van der Waals surface area (Å²) in [6, 6.07) is 0. The largest absolute Gasteiger partial charge is 0.402 e. The number of fused-ring (bicyclic) bond motifs is 5. The molecule has 0 heterocycles. The van der Waals surface area contributed by atoms with E-state index in [0.717, 1.165) is 29.9 Å². The molecule has 0 saturated heterocycles. The first kappa shape index (κ1) is 13.9. The Labute approximate surface area is 128 Å². The third-order valence-corrected chi connectivity index (χ3v) is 7.73. The van der Waals surface area contributed by atoms with Gasteiger partial charge in [0.1, 0.15) is 0 Å². The summed E-state index contributed by atoms with van der Waals surface area (Å²) >= 11 is 0. The monoisotopic (exact) mass is 287 g/mol. The predicted molar refractivity (Wildman–Crippen MR) is 85.4 cm³/mol. The number of aliphatic hydroxyl groups excluding tert-OH is 1. The molecule has 0 unspecified atom stereocenters. The smallest absolute Gasteiger partial charge is 0.0724 e. The van der Waals surface area contributed by atoms with Crippen molar-refractivity contribution in [2.24, 2.45) is 34.3 Å². The second-order valence-electron chi connectivity index (χ2n) is 8.48. The van der Waals surface area contributed by atoms with Gasteiger partial charge in [0, 0.05) is 11.1 Å². The Balaban J connectivity index is 1.68. The molecule has 0 aliphatic heterocycles. The van der Waals surface area contributed by atoms with Gasteiger partial charge in [-0.15, -0.1) is 0 Å². The molecule has 4 aliphatic carbocycles. The lowest BCUT2D eigenvalue weighted by Crippen LogP contribution is -2.50. The third kappa shape index (κ3) is 1.75. The highest BCUT2D eigenvalue weighted by molar-refractivity contribution is 5.28. The van der Waals surface area contributed by atoms with Gasteiger partial charge in [-0.25, -0.2) is 0 Å². The number of nitrogens with two attached hydrogens (primary N) is 1. The van der Waals surface area contributed by atoms with Crippen LogP contribution in [0.15, 0.2) is 23.4 Å². The molecule has 0 aromatic carbocycles. The van der Waals surface area contributed by atoms with Gasteiger partial charge in [0.25, 0.3) is 0 Å². The van der Waals surface area contributed by atoms with Crippen molar-refractivity contribution in [2.75, 3.05) is 0 Å². The minimum absolute atomic E-state index is 0.192. The Kier molecular flexibility index (Phi) is 2.89. The highest BCUT2D eigenvalue weighted by atomic mass is 16.3. The lowest BCUT2D eigenvalue weighted by Gasteiger charge is -2.58. The second kappa shape index (κ2) is 4.38. The highest BCUT2D eigenvalue weighted by Gasteiger charge is 2.56. The van der Waals surface area contributed by atoms with E-state index in [1.807, 2.05) is 0 Å². The summed E-state index contributed by atoms with van der Waals surface area (Å²) in [6.07, 6.45) is 12.7. The zero-order valence-corrected chi connectivity index (χ0v) is 13.4.